The van der Waals surface area contributed by atoms with Crippen LogP contribution in [0.3, 0.4) is 0 Å². The fourth-order valence-corrected chi connectivity index (χ4v) is 9.89. The topological polar surface area (TPSA) is 179 Å². The number of carbonyl (C=O) groups excluding carboxylic acids is 2. The Morgan fingerprint density at radius 1 is 1.04 bits per heavy atom. The van der Waals surface area contributed by atoms with Crippen LogP contribution in [0.1, 0.15) is 87.8 Å². The number of aliphatic hydroxyl groups is 1. The molecule has 5 heterocycles. The number of piperidine rings is 2. The summed E-state index contributed by atoms with van der Waals surface area (Å²) < 4.78 is 65.1. The molecule has 0 radical (unpaired) electrons. The van der Waals surface area contributed by atoms with Crippen molar-refractivity contribution in [2.75, 3.05) is 57.7 Å². The lowest BCUT2D eigenvalue weighted by molar-refractivity contribution is -0.134. The van der Waals surface area contributed by atoms with Crippen molar-refractivity contribution in [2.45, 2.75) is 88.3 Å². The number of benzene rings is 1. The second kappa shape index (κ2) is 16.2. The van der Waals surface area contributed by atoms with Crippen molar-refractivity contribution in [3.05, 3.63) is 58.0 Å². The summed E-state index contributed by atoms with van der Waals surface area (Å²) in [5.74, 6) is -0.0471. The van der Waals surface area contributed by atoms with Gasteiger partial charge in [0, 0.05) is 69.9 Å². The van der Waals surface area contributed by atoms with Crippen LogP contribution < -0.4 is 20.9 Å². The maximum Gasteiger partial charge on any atom is 0.282 e. The third kappa shape index (κ3) is 8.52. The summed E-state index contributed by atoms with van der Waals surface area (Å²) in [7, 11) is -3.67. The van der Waals surface area contributed by atoms with E-state index in [4.69, 9.17) is 4.74 Å². The van der Waals surface area contributed by atoms with Gasteiger partial charge in [-0.15, -0.1) is 0 Å². The second-order valence-corrected chi connectivity index (χ2v) is 17.1. The Kier molecular flexibility index (Phi) is 11.5. The SMILES string of the molecule is C[C@@]1(O)CCC[C@H]1n1c(=O)c(C(F)F)cc2cnc(NC3CCN(S(=O)(=O)N4CCN(CCCOc5cccc(C6CCC(=O)NC6=O)c5)CC4)CC3)nc21. The number of hydrogen-bond acceptors (Lipinski definition) is 11. The number of amides is 2. The highest BCUT2D eigenvalue weighted by molar-refractivity contribution is 7.86. The quantitative estimate of drug-likeness (QED) is 0.182. The molecular formula is C37H48F2N8O7S. The summed E-state index contributed by atoms with van der Waals surface area (Å²) in [6.45, 7) is 5.36. The molecule has 1 unspecified atom stereocenters. The Balaban J connectivity index is 0.882. The first-order valence-corrected chi connectivity index (χ1v) is 20.4. The van der Waals surface area contributed by atoms with Crippen molar-refractivity contribution in [1.29, 1.82) is 0 Å². The number of rotatable bonds is 12. The first kappa shape index (κ1) is 39.1. The van der Waals surface area contributed by atoms with Crippen LogP contribution in [-0.4, -0.2) is 117 Å². The number of anilines is 1. The molecule has 1 aromatic carbocycles. The number of ether oxygens (including phenoxy) is 1. The fourth-order valence-electron chi connectivity index (χ4n) is 8.27. The van der Waals surface area contributed by atoms with Crippen molar-refractivity contribution in [3.8, 4) is 5.75 Å². The van der Waals surface area contributed by atoms with E-state index < -0.39 is 39.4 Å². The molecule has 4 fully saturated rings. The van der Waals surface area contributed by atoms with E-state index in [1.54, 1.807) is 6.92 Å². The highest BCUT2D eigenvalue weighted by Crippen LogP contribution is 2.40. The number of alkyl halides is 2. The lowest BCUT2D eigenvalue weighted by Crippen LogP contribution is -2.55. The van der Waals surface area contributed by atoms with Gasteiger partial charge < -0.3 is 20.1 Å². The zero-order valence-corrected chi connectivity index (χ0v) is 31.6. The average Bonchev–Trinajstić information content (AvgIpc) is 3.51. The molecule has 298 valence electrons. The van der Waals surface area contributed by atoms with E-state index in [-0.39, 0.29) is 40.8 Å². The van der Waals surface area contributed by atoms with E-state index in [1.807, 2.05) is 24.3 Å². The number of hydrogen-bond donors (Lipinski definition) is 3. The van der Waals surface area contributed by atoms with Crippen LogP contribution in [0.25, 0.3) is 11.0 Å². The molecule has 1 aliphatic carbocycles. The van der Waals surface area contributed by atoms with Gasteiger partial charge in [-0.25, -0.2) is 13.8 Å². The highest BCUT2D eigenvalue weighted by atomic mass is 32.2. The molecule has 4 aliphatic rings. The normalized spacial score (nSPS) is 25.1. The van der Waals surface area contributed by atoms with Crippen LogP contribution in [-0.2, 0) is 19.8 Å². The van der Waals surface area contributed by atoms with Gasteiger partial charge in [-0.05, 0) is 75.6 Å². The van der Waals surface area contributed by atoms with Gasteiger partial charge in [-0.2, -0.15) is 22.0 Å². The predicted octanol–water partition coefficient (Wildman–Crippen LogP) is 2.93. The largest absolute Gasteiger partial charge is 0.494 e. The van der Waals surface area contributed by atoms with Crippen LogP contribution in [0, 0.1) is 0 Å². The van der Waals surface area contributed by atoms with Crippen molar-refractivity contribution in [2.24, 2.45) is 0 Å². The van der Waals surface area contributed by atoms with Crippen molar-refractivity contribution < 1.29 is 36.6 Å². The third-order valence-corrected chi connectivity index (χ3v) is 13.4. The number of nitrogens with zero attached hydrogens (tertiary/aromatic N) is 6. The van der Waals surface area contributed by atoms with E-state index in [0.717, 1.165) is 24.6 Å². The molecule has 2 amide bonds. The zero-order chi connectivity index (χ0) is 38.9. The molecule has 3 N–H and O–H groups in total. The molecule has 3 aliphatic heterocycles. The van der Waals surface area contributed by atoms with Crippen LogP contribution >= 0.6 is 0 Å². The zero-order valence-electron chi connectivity index (χ0n) is 30.8. The molecule has 3 atom stereocenters. The van der Waals surface area contributed by atoms with Gasteiger partial charge in [-0.3, -0.25) is 24.3 Å². The van der Waals surface area contributed by atoms with E-state index in [9.17, 15) is 36.7 Å². The molecule has 18 heteroatoms. The monoisotopic (exact) mass is 786 g/mol. The van der Waals surface area contributed by atoms with Crippen molar-refractivity contribution >= 4 is 39.0 Å². The number of carbonyl (C=O) groups is 2. The lowest BCUT2D eigenvalue weighted by Gasteiger charge is -2.39. The summed E-state index contributed by atoms with van der Waals surface area (Å²) >= 11 is 0. The Hall–Kier alpha value is -4.10. The third-order valence-electron chi connectivity index (χ3n) is 11.4. The summed E-state index contributed by atoms with van der Waals surface area (Å²) in [4.78, 5) is 48.1. The molecule has 0 spiro atoms. The molecule has 0 bridgehead atoms. The van der Waals surface area contributed by atoms with Crippen LogP contribution in [0.15, 0.2) is 41.3 Å². The number of halogens is 2. The Bertz CT molecular complexity index is 2070. The summed E-state index contributed by atoms with van der Waals surface area (Å²) in [6.07, 6.45) is 2.44. The van der Waals surface area contributed by atoms with Crippen molar-refractivity contribution in [1.82, 2.24) is 33.4 Å². The van der Waals surface area contributed by atoms with Gasteiger partial charge in [0.15, 0.2) is 0 Å². The van der Waals surface area contributed by atoms with Crippen LogP contribution in [0.2, 0.25) is 0 Å². The standard InChI is InChI=1S/C37H48F2N8O7S/c1-37(51)12-3-7-30(37)47-33-25(22-29(32(38)39)35(47)50)23-40-36(43-33)41-26-10-14-45(15-11-26)55(52,53)46-18-16-44(17-19-46)13-4-20-54-27-6-2-5-24(21-27)28-8-9-31(48)42-34(28)49/h2,5-6,21-23,26,28,30,32,51H,3-4,7-20H2,1H3,(H,40,41,43)(H,42,48,49)/t28?,30-,37-/m1/s1. The van der Waals surface area contributed by atoms with Gasteiger partial charge in [0.25, 0.3) is 22.2 Å². The summed E-state index contributed by atoms with van der Waals surface area (Å²) in [6, 6.07) is 7.63. The number of aromatic nitrogens is 3. The number of piperazine rings is 1. The number of fused-ring (bicyclic) bond motifs is 1. The number of imide groups is 1. The van der Waals surface area contributed by atoms with Crippen molar-refractivity contribution in [3.63, 3.8) is 0 Å². The molecular weight excluding hydrogens is 739 g/mol. The van der Waals surface area contributed by atoms with Crippen LogP contribution in [0.4, 0.5) is 14.7 Å². The molecule has 3 aromatic rings. The molecule has 3 saturated heterocycles. The van der Waals surface area contributed by atoms with Gasteiger partial charge in [0.1, 0.15) is 11.4 Å². The molecule has 7 rings (SSSR count). The first-order valence-electron chi connectivity index (χ1n) is 19.0. The Morgan fingerprint density at radius 2 is 1.78 bits per heavy atom. The van der Waals surface area contributed by atoms with Gasteiger partial charge >= 0.3 is 0 Å². The van der Waals surface area contributed by atoms with E-state index in [0.29, 0.717) is 96.6 Å². The van der Waals surface area contributed by atoms with Gasteiger partial charge in [0.2, 0.25) is 17.8 Å². The Labute approximate surface area is 318 Å². The highest BCUT2D eigenvalue weighted by Gasteiger charge is 2.41. The minimum atomic E-state index is -3.67. The maximum absolute atomic E-state index is 13.8. The lowest BCUT2D eigenvalue weighted by atomic mass is 9.90. The molecule has 55 heavy (non-hydrogen) atoms. The van der Waals surface area contributed by atoms with Crippen LogP contribution in [0.5, 0.6) is 5.75 Å². The van der Waals surface area contributed by atoms with E-state index >= 15 is 0 Å². The van der Waals surface area contributed by atoms with Gasteiger partial charge in [-0.1, -0.05) is 12.1 Å². The Morgan fingerprint density at radius 3 is 2.47 bits per heavy atom. The van der Waals surface area contributed by atoms with E-state index in [1.165, 1.54) is 19.4 Å². The second-order valence-electron chi connectivity index (χ2n) is 15.2. The minimum Gasteiger partial charge on any atom is -0.494 e. The maximum atomic E-state index is 13.8. The first-order chi connectivity index (χ1) is 26.3. The number of nitrogens with one attached hydrogen (secondary N) is 2. The van der Waals surface area contributed by atoms with Gasteiger partial charge in [0.05, 0.1) is 29.7 Å². The summed E-state index contributed by atoms with van der Waals surface area (Å²) in [5.41, 5.74) is -1.81. The molecule has 2 aromatic heterocycles. The average molecular weight is 787 g/mol. The molecule has 15 nitrogen and oxygen atoms in total. The smallest absolute Gasteiger partial charge is 0.282 e. The van der Waals surface area contributed by atoms with E-state index in [2.05, 4.69) is 25.5 Å². The minimum absolute atomic E-state index is 0.155. The summed E-state index contributed by atoms with van der Waals surface area (Å²) in [5, 5.41) is 16.9. The fraction of sp³-hybridized carbons (Fsp3) is 0.595. The number of pyridine rings is 1. The molecule has 1 saturated carbocycles. The predicted molar refractivity (Wildman–Crippen MR) is 199 cm³/mol.